The zero-order valence-electron chi connectivity index (χ0n) is 10.2. The van der Waals surface area contributed by atoms with Gasteiger partial charge in [-0.1, -0.05) is 11.2 Å². The molecule has 0 aliphatic carbocycles. The van der Waals surface area contributed by atoms with E-state index in [1.54, 1.807) is 0 Å². The van der Waals surface area contributed by atoms with Crippen molar-refractivity contribution in [2.24, 2.45) is 5.11 Å². The molecular formula is C11H13N5O3. The largest absolute Gasteiger partial charge is 0.379 e. The van der Waals surface area contributed by atoms with Gasteiger partial charge in [-0.25, -0.2) is 0 Å². The highest BCUT2D eigenvalue weighted by atomic mass is 16.6. The van der Waals surface area contributed by atoms with Crippen LogP contribution in [-0.2, 0) is 4.79 Å². The highest BCUT2D eigenvalue weighted by molar-refractivity contribution is 5.66. The SMILES string of the molecule is [N-]=[N+]=Nc1ccc(NCCCCC=O)c([N+](=O)[O-])c1. The predicted octanol–water partition coefficient (Wildman–Crippen LogP) is 3.32. The number of aldehydes is 1. The van der Waals surface area contributed by atoms with Crippen molar-refractivity contribution in [1.82, 2.24) is 0 Å². The van der Waals surface area contributed by atoms with E-state index in [2.05, 4.69) is 15.3 Å². The van der Waals surface area contributed by atoms with E-state index < -0.39 is 4.92 Å². The van der Waals surface area contributed by atoms with Gasteiger partial charge in [0.05, 0.1) is 4.92 Å². The molecule has 0 amide bonds. The fourth-order valence-corrected chi connectivity index (χ4v) is 1.51. The molecule has 8 heteroatoms. The lowest BCUT2D eigenvalue weighted by atomic mass is 10.2. The van der Waals surface area contributed by atoms with Crippen molar-refractivity contribution >= 4 is 23.3 Å². The van der Waals surface area contributed by atoms with Gasteiger partial charge < -0.3 is 10.1 Å². The zero-order valence-corrected chi connectivity index (χ0v) is 10.2. The van der Waals surface area contributed by atoms with Crippen molar-refractivity contribution in [3.8, 4) is 0 Å². The molecule has 100 valence electrons. The van der Waals surface area contributed by atoms with Gasteiger partial charge in [-0.05, 0) is 24.4 Å². The lowest BCUT2D eigenvalue weighted by Gasteiger charge is -2.06. The maximum absolute atomic E-state index is 10.9. The normalized spacial score (nSPS) is 9.47. The summed E-state index contributed by atoms with van der Waals surface area (Å²) in [5.41, 5.74) is 8.71. The predicted molar refractivity (Wildman–Crippen MR) is 70.3 cm³/mol. The second-order valence-electron chi connectivity index (χ2n) is 3.74. The number of nitro benzene ring substituents is 1. The first-order valence-corrected chi connectivity index (χ1v) is 5.70. The molecule has 0 atom stereocenters. The maximum Gasteiger partial charge on any atom is 0.292 e. The monoisotopic (exact) mass is 263 g/mol. The molecule has 1 aromatic rings. The molecule has 8 nitrogen and oxygen atoms in total. The molecule has 19 heavy (non-hydrogen) atoms. The standard InChI is InChI=1S/C11H13N5O3/c12-15-14-9-4-5-10(11(8-9)16(18)19)13-6-2-1-3-7-17/h4-5,7-8,13H,1-3,6H2. The topological polar surface area (TPSA) is 121 Å². The number of carbonyl (C=O) groups excluding carboxylic acids is 1. The Hall–Kier alpha value is -2.60. The number of nitrogens with zero attached hydrogens (tertiary/aromatic N) is 4. The molecule has 1 aromatic carbocycles. The number of carbonyl (C=O) groups is 1. The third-order valence-electron chi connectivity index (χ3n) is 2.40. The second-order valence-corrected chi connectivity index (χ2v) is 3.74. The average molecular weight is 263 g/mol. The molecule has 0 aliphatic rings. The molecule has 0 saturated carbocycles. The zero-order chi connectivity index (χ0) is 14.1. The van der Waals surface area contributed by atoms with Crippen LogP contribution in [0.1, 0.15) is 19.3 Å². The van der Waals surface area contributed by atoms with Crippen LogP contribution in [0.15, 0.2) is 23.3 Å². The molecular weight excluding hydrogens is 250 g/mol. The van der Waals surface area contributed by atoms with Gasteiger partial charge in [0.2, 0.25) is 0 Å². The van der Waals surface area contributed by atoms with E-state index in [0.29, 0.717) is 18.7 Å². The van der Waals surface area contributed by atoms with Crippen LogP contribution in [0.25, 0.3) is 10.4 Å². The summed E-state index contributed by atoms with van der Waals surface area (Å²) in [6, 6.07) is 4.22. The Morgan fingerprint density at radius 3 is 2.89 bits per heavy atom. The van der Waals surface area contributed by atoms with Crippen molar-refractivity contribution in [2.75, 3.05) is 11.9 Å². The van der Waals surface area contributed by atoms with E-state index in [0.717, 1.165) is 19.1 Å². The molecule has 0 bridgehead atoms. The lowest BCUT2D eigenvalue weighted by Crippen LogP contribution is -2.04. The van der Waals surface area contributed by atoms with Gasteiger partial charge in [0, 0.05) is 29.6 Å². The van der Waals surface area contributed by atoms with Gasteiger partial charge in [0.1, 0.15) is 12.0 Å². The highest BCUT2D eigenvalue weighted by Crippen LogP contribution is 2.29. The molecule has 0 heterocycles. The number of benzene rings is 1. The van der Waals surface area contributed by atoms with Gasteiger partial charge in [0.15, 0.2) is 0 Å². The van der Waals surface area contributed by atoms with E-state index in [9.17, 15) is 14.9 Å². The van der Waals surface area contributed by atoms with Crippen LogP contribution in [0, 0.1) is 10.1 Å². The van der Waals surface area contributed by atoms with Crippen molar-refractivity contribution in [2.45, 2.75) is 19.3 Å². The number of nitro groups is 1. The number of anilines is 1. The lowest BCUT2D eigenvalue weighted by molar-refractivity contribution is -0.383. The number of hydrogen-bond donors (Lipinski definition) is 1. The summed E-state index contributed by atoms with van der Waals surface area (Å²) in [4.78, 5) is 23.1. The minimum Gasteiger partial charge on any atom is -0.379 e. The first-order chi connectivity index (χ1) is 9.19. The smallest absolute Gasteiger partial charge is 0.292 e. The van der Waals surface area contributed by atoms with Gasteiger partial charge >= 0.3 is 0 Å². The summed E-state index contributed by atoms with van der Waals surface area (Å²) in [7, 11) is 0. The van der Waals surface area contributed by atoms with Gasteiger partial charge in [-0.15, -0.1) is 0 Å². The van der Waals surface area contributed by atoms with Crippen molar-refractivity contribution < 1.29 is 9.72 Å². The number of rotatable bonds is 8. The number of hydrogen-bond acceptors (Lipinski definition) is 5. The first-order valence-electron chi connectivity index (χ1n) is 5.70. The Kier molecular flexibility index (Phi) is 5.84. The molecule has 0 radical (unpaired) electrons. The van der Waals surface area contributed by atoms with Crippen LogP contribution in [0.2, 0.25) is 0 Å². The Balaban J connectivity index is 2.73. The summed E-state index contributed by atoms with van der Waals surface area (Å²) in [6.45, 7) is 0.537. The summed E-state index contributed by atoms with van der Waals surface area (Å²) in [5.74, 6) is 0. The molecule has 0 saturated heterocycles. The van der Waals surface area contributed by atoms with Gasteiger partial charge in [-0.3, -0.25) is 10.1 Å². The van der Waals surface area contributed by atoms with Crippen LogP contribution >= 0.6 is 0 Å². The molecule has 0 fully saturated rings. The van der Waals surface area contributed by atoms with Crippen molar-refractivity contribution in [3.05, 3.63) is 38.8 Å². The molecule has 0 spiro atoms. The third-order valence-corrected chi connectivity index (χ3v) is 2.40. The van der Waals surface area contributed by atoms with E-state index in [1.165, 1.54) is 18.2 Å². The summed E-state index contributed by atoms with van der Waals surface area (Å²) in [6.07, 6.45) is 2.81. The van der Waals surface area contributed by atoms with E-state index >= 15 is 0 Å². The molecule has 1 rings (SSSR count). The van der Waals surface area contributed by atoms with Crippen molar-refractivity contribution in [1.29, 1.82) is 0 Å². The molecule has 1 N–H and O–H groups in total. The highest BCUT2D eigenvalue weighted by Gasteiger charge is 2.13. The van der Waals surface area contributed by atoms with Crippen LogP contribution in [-0.4, -0.2) is 17.8 Å². The summed E-state index contributed by atoms with van der Waals surface area (Å²) in [5, 5.41) is 17.1. The first kappa shape index (κ1) is 14.5. The van der Waals surface area contributed by atoms with E-state index in [1.807, 2.05) is 0 Å². The molecule has 0 unspecified atom stereocenters. The molecule has 0 aromatic heterocycles. The van der Waals surface area contributed by atoms with Crippen LogP contribution in [0.3, 0.4) is 0 Å². The van der Waals surface area contributed by atoms with Crippen LogP contribution in [0.4, 0.5) is 17.1 Å². The Labute approximate surface area is 109 Å². The average Bonchev–Trinajstić information content (AvgIpc) is 2.40. The number of nitrogens with one attached hydrogen (secondary N) is 1. The Morgan fingerprint density at radius 2 is 2.26 bits per heavy atom. The quantitative estimate of drug-likeness (QED) is 0.147. The van der Waals surface area contributed by atoms with E-state index in [4.69, 9.17) is 5.53 Å². The van der Waals surface area contributed by atoms with Crippen molar-refractivity contribution in [3.63, 3.8) is 0 Å². The van der Waals surface area contributed by atoms with Gasteiger partial charge in [-0.2, -0.15) is 0 Å². The second kappa shape index (κ2) is 7.67. The van der Waals surface area contributed by atoms with Gasteiger partial charge in [0.25, 0.3) is 5.69 Å². The fourth-order valence-electron chi connectivity index (χ4n) is 1.51. The summed E-state index contributed by atoms with van der Waals surface area (Å²) < 4.78 is 0. The number of azide groups is 1. The van der Waals surface area contributed by atoms with Crippen LogP contribution in [0.5, 0.6) is 0 Å². The Morgan fingerprint density at radius 1 is 1.47 bits per heavy atom. The Bertz CT molecular complexity index is 511. The fraction of sp³-hybridized carbons (Fsp3) is 0.364. The summed E-state index contributed by atoms with van der Waals surface area (Å²) >= 11 is 0. The minimum absolute atomic E-state index is 0.139. The minimum atomic E-state index is -0.538. The van der Waals surface area contributed by atoms with Crippen LogP contribution < -0.4 is 5.32 Å². The third kappa shape index (κ3) is 4.64. The number of unbranched alkanes of at least 4 members (excludes halogenated alkanes) is 2. The maximum atomic E-state index is 10.9. The van der Waals surface area contributed by atoms with E-state index in [-0.39, 0.29) is 11.4 Å². The molecule has 0 aliphatic heterocycles.